The van der Waals surface area contributed by atoms with Crippen LogP contribution in [-0.2, 0) is 7.05 Å². The second-order valence-electron chi connectivity index (χ2n) is 3.77. The summed E-state index contributed by atoms with van der Waals surface area (Å²) in [7, 11) is 4.74. The van der Waals surface area contributed by atoms with Crippen LogP contribution >= 0.6 is 0 Å². The van der Waals surface area contributed by atoms with Gasteiger partial charge in [0, 0.05) is 12.4 Å². The molecule has 0 amide bonds. The molecule has 0 atom stereocenters. The molecule has 104 valence electrons. The molecule has 0 saturated heterocycles. The van der Waals surface area contributed by atoms with E-state index in [4.69, 9.17) is 9.47 Å². The summed E-state index contributed by atoms with van der Waals surface area (Å²) in [6.45, 7) is 5.85. The van der Waals surface area contributed by atoms with Crippen LogP contribution in [0.1, 0.15) is 19.5 Å². The van der Waals surface area contributed by atoms with E-state index in [0.717, 1.165) is 11.1 Å². The fourth-order valence-corrected chi connectivity index (χ4v) is 1.85. The van der Waals surface area contributed by atoms with Crippen molar-refractivity contribution in [2.75, 3.05) is 14.2 Å². The molecule has 5 heteroatoms. The Balaban J connectivity index is 0.000000861. The molecule has 0 aliphatic heterocycles. The Labute approximate surface area is 112 Å². The van der Waals surface area contributed by atoms with Crippen LogP contribution in [-0.4, -0.2) is 24.0 Å². The summed E-state index contributed by atoms with van der Waals surface area (Å²) in [6, 6.07) is 3.46. The Morgan fingerprint density at radius 1 is 1.05 bits per heavy atom. The largest absolute Gasteiger partial charge is 0.493 e. The van der Waals surface area contributed by atoms with Crippen LogP contribution in [0.4, 0.5) is 0 Å². The van der Waals surface area contributed by atoms with Crippen molar-refractivity contribution >= 4 is 10.8 Å². The maximum absolute atomic E-state index is 12.0. The summed E-state index contributed by atoms with van der Waals surface area (Å²) >= 11 is 0. The summed E-state index contributed by atoms with van der Waals surface area (Å²) in [5.41, 5.74) is 0.634. The monoisotopic (exact) mass is 264 g/mol. The maximum atomic E-state index is 12.0. The van der Waals surface area contributed by atoms with Gasteiger partial charge in [-0.1, -0.05) is 13.8 Å². The average Bonchev–Trinajstić information content (AvgIpc) is 2.45. The standard InChI is InChI=1S/C12H14N2O3.C2H6/c1-7-8-5-10(16-3)11(17-4)6-9(8)12(15)14(2)13-7;1-2/h5-6H,1-4H3;1-2H3. The Morgan fingerprint density at radius 2 is 1.53 bits per heavy atom. The van der Waals surface area contributed by atoms with Gasteiger partial charge in [-0.05, 0) is 19.1 Å². The van der Waals surface area contributed by atoms with E-state index in [1.165, 1.54) is 4.68 Å². The third-order valence-electron chi connectivity index (χ3n) is 2.74. The van der Waals surface area contributed by atoms with Crippen LogP contribution in [0.15, 0.2) is 16.9 Å². The second kappa shape index (κ2) is 6.22. The van der Waals surface area contributed by atoms with Crippen molar-refractivity contribution in [1.29, 1.82) is 0 Å². The second-order valence-corrected chi connectivity index (χ2v) is 3.77. The highest BCUT2D eigenvalue weighted by atomic mass is 16.5. The number of aromatic nitrogens is 2. The quantitative estimate of drug-likeness (QED) is 0.835. The molecule has 5 nitrogen and oxygen atoms in total. The van der Waals surface area contributed by atoms with Crippen molar-refractivity contribution in [3.63, 3.8) is 0 Å². The van der Waals surface area contributed by atoms with E-state index in [1.807, 2.05) is 20.8 Å². The molecule has 0 bridgehead atoms. The van der Waals surface area contributed by atoms with Crippen LogP contribution in [0.5, 0.6) is 11.5 Å². The van der Waals surface area contributed by atoms with E-state index in [2.05, 4.69) is 5.10 Å². The van der Waals surface area contributed by atoms with Gasteiger partial charge in [0.15, 0.2) is 11.5 Å². The van der Waals surface area contributed by atoms with Crippen LogP contribution in [0.25, 0.3) is 10.8 Å². The third-order valence-corrected chi connectivity index (χ3v) is 2.74. The fourth-order valence-electron chi connectivity index (χ4n) is 1.85. The van der Waals surface area contributed by atoms with E-state index in [-0.39, 0.29) is 5.56 Å². The summed E-state index contributed by atoms with van der Waals surface area (Å²) < 4.78 is 11.7. The molecule has 1 aromatic heterocycles. The van der Waals surface area contributed by atoms with Gasteiger partial charge in [-0.2, -0.15) is 5.10 Å². The number of nitrogens with zero attached hydrogens (tertiary/aromatic N) is 2. The van der Waals surface area contributed by atoms with Crippen molar-refractivity contribution in [2.24, 2.45) is 7.05 Å². The van der Waals surface area contributed by atoms with Crippen molar-refractivity contribution in [2.45, 2.75) is 20.8 Å². The molecule has 0 aliphatic carbocycles. The number of aryl methyl sites for hydroxylation is 2. The topological polar surface area (TPSA) is 53.4 Å². The van der Waals surface area contributed by atoms with E-state index < -0.39 is 0 Å². The van der Waals surface area contributed by atoms with Gasteiger partial charge in [0.05, 0.1) is 25.3 Å². The molecule has 0 radical (unpaired) electrons. The number of rotatable bonds is 2. The molecule has 0 aliphatic rings. The third kappa shape index (κ3) is 2.70. The number of benzene rings is 1. The highest BCUT2D eigenvalue weighted by Gasteiger charge is 2.11. The predicted octanol–water partition coefficient (Wildman–Crippen LogP) is 2.29. The average molecular weight is 264 g/mol. The zero-order valence-corrected chi connectivity index (χ0v) is 12.3. The number of fused-ring (bicyclic) bond motifs is 1. The first kappa shape index (κ1) is 15.0. The molecule has 1 heterocycles. The van der Waals surface area contributed by atoms with Crippen molar-refractivity contribution < 1.29 is 9.47 Å². The number of ether oxygens (including phenoxy) is 2. The first-order valence-corrected chi connectivity index (χ1v) is 6.18. The van der Waals surface area contributed by atoms with Crippen molar-refractivity contribution in [3.05, 3.63) is 28.2 Å². The van der Waals surface area contributed by atoms with Crippen molar-refractivity contribution in [3.8, 4) is 11.5 Å². The Kier molecular flexibility index (Phi) is 4.92. The van der Waals surface area contributed by atoms with Gasteiger partial charge in [0.1, 0.15) is 0 Å². The SMILES string of the molecule is CC.COc1cc2c(C)nn(C)c(=O)c2cc1OC. The lowest BCUT2D eigenvalue weighted by Crippen LogP contribution is -2.20. The zero-order valence-electron chi connectivity index (χ0n) is 12.3. The molecular weight excluding hydrogens is 244 g/mol. The van der Waals surface area contributed by atoms with Crippen LogP contribution < -0.4 is 15.0 Å². The molecule has 0 unspecified atom stereocenters. The molecule has 19 heavy (non-hydrogen) atoms. The molecule has 2 aromatic rings. The molecule has 0 N–H and O–H groups in total. The predicted molar refractivity (Wildman–Crippen MR) is 76.2 cm³/mol. The van der Waals surface area contributed by atoms with Gasteiger partial charge in [-0.3, -0.25) is 4.79 Å². The lowest BCUT2D eigenvalue weighted by atomic mass is 10.1. The smallest absolute Gasteiger partial charge is 0.274 e. The fraction of sp³-hybridized carbons (Fsp3) is 0.429. The summed E-state index contributed by atoms with van der Waals surface area (Å²) in [5.74, 6) is 1.14. The lowest BCUT2D eigenvalue weighted by molar-refractivity contribution is 0.355. The number of hydrogen-bond acceptors (Lipinski definition) is 4. The highest BCUT2D eigenvalue weighted by Crippen LogP contribution is 2.31. The normalized spacial score (nSPS) is 9.79. The van der Waals surface area contributed by atoms with Gasteiger partial charge < -0.3 is 9.47 Å². The van der Waals surface area contributed by atoms with Crippen LogP contribution in [0.2, 0.25) is 0 Å². The minimum atomic E-state index is -0.147. The summed E-state index contributed by atoms with van der Waals surface area (Å²) in [4.78, 5) is 12.0. The lowest BCUT2D eigenvalue weighted by Gasteiger charge is -2.10. The minimum Gasteiger partial charge on any atom is -0.493 e. The van der Waals surface area contributed by atoms with Gasteiger partial charge in [0.2, 0.25) is 0 Å². The van der Waals surface area contributed by atoms with Crippen LogP contribution in [0, 0.1) is 6.92 Å². The summed E-state index contributed by atoms with van der Waals surface area (Å²) in [5, 5.41) is 5.50. The minimum absolute atomic E-state index is 0.147. The van der Waals surface area contributed by atoms with Crippen molar-refractivity contribution in [1.82, 2.24) is 9.78 Å². The Morgan fingerprint density at radius 3 is 2.00 bits per heavy atom. The van der Waals surface area contributed by atoms with Crippen LogP contribution in [0.3, 0.4) is 0 Å². The molecule has 2 rings (SSSR count). The van der Waals surface area contributed by atoms with E-state index >= 15 is 0 Å². The van der Waals surface area contributed by atoms with Gasteiger partial charge >= 0.3 is 0 Å². The number of methoxy groups -OCH3 is 2. The molecule has 1 aromatic carbocycles. The first-order chi connectivity index (χ1) is 9.08. The maximum Gasteiger partial charge on any atom is 0.274 e. The molecule has 0 fully saturated rings. The summed E-state index contributed by atoms with van der Waals surface area (Å²) in [6.07, 6.45) is 0. The molecule has 0 saturated carbocycles. The highest BCUT2D eigenvalue weighted by molar-refractivity contribution is 5.87. The molecular formula is C14H20N2O3. The van der Waals surface area contributed by atoms with Gasteiger partial charge in [-0.15, -0.1) is 0 Å². The van der Waals surface area contributed by atoms with Gasteiger partial charge in [0.25, 0.3) is 5.56 Å². The van der Waals surface area contributed by atoms with E-state index in [0.29, 0.717) is 16.9 Å². The first-order valence-electron chi connectivity index (χ1n) is 6.18. The Hall–Kier alpha value is -2.04. The number of hydrogen-bond donors (Lipinski definition) is 0. The van der Waals surface area contributed by atoms with E-state index in [9.17, 15) is 4.79 Å². The Bertz CT molecular complexity index is 633. The molecule has 0 spiro atoms. The zero-order chi connectivity index (χ0) is 14.6. The van der Waals surface area contributed by atoms with E-state index in [1.54, 1.807) is 33.4 Å². The van der Waals surface area contributed by atoms with Gasteiger partial charge in [-0.25, -0.2) is 4.68 Å².